The van der Waals surface area contributed by atoms with Gasteiger partial charge in [0.05, 0.1) is 28.8 Å². The Labute approximate surface area is 192 Å². The Morgan fingerprint density at radius 3 is 2.24 bits per heavy atom. The molecule has 174 valence electrons. The Balaban J connectivity index is 1.46. The van der Waals surface area contributed by atoms with E-state index in [1.54, 1.807) is 24.3 Å². The van der Waals surface area contributed by atoms with E-state index in [9.17, 15) is 22.8 Å². The van der Waals surface area contributed by atoms with Crippen LogP contribution in [0.3, 0.4) is 0 Å². The average Bonchev–Trinajstić information content (AvgIpc) is 3.08. The van der Waals surface area contributed by atoms with E-state index in [-0.39, 0.29) is 23.5 Å². The molecule has 0 unspecified atom stereocenters. The summed E-state index contributed by atoms with van der Waals surface area (Å²) in [6.45, 7) is 0.846. The molecule has 0 aromatic heterocycles. The molecule has 10 heteroatoms. The zero-order chi connectivity index (χ0) is 23.6. The Morgan fingerprint density at radius 2 is 1.64 bits per heavy atom. The van der Waals surface area contributed by atoms with Gasteiger partial charge in [0, 0.05) is 26.1 Å². The van der Waals surface area contributed by atoms with Crippen molar-refractivity contribution < 1.29 is 27.5 Å². The summed E-state index contributed by atoms with van der Waals surface area (Å²) in [6, 6.07) is 10.8. The van der Waals surface area contributed by atoms with Gasteiger partial charge in [-0.3, -0.25) is 19.3 Å². The van der Waals surface area contributed by atoms with E-state index in [4.69, 9.17) is 4.74 Å². The smallest absolute Gasteiger partial charge is 0.261 e. The monoisotopic (exact) mass is 471 g/mol. The maximum atomic E-state index is 13.0. The normalized spacial score (nSPS) is 16.6. The molecule has 2 aliphatic heterocycles. The third-order valence-corrected chi connectivity index (χ3v) is 7.73. The van der Waals surface area contributed by atoms with E-state index >= 15 is 0 Å². The first-order valence-electron chi connectivity index (χ1n) is 10.8. The van der Waals surface area contributed by atoms with Crippen molar-refractivity contribution in [1.29, 1.82) is 0 Å². The second kappa shape index (κ2) is 9.32. The molecule has 1 saturated heterocycles. The standard InChI is InChI=1S/C23H25N3O6S/c1-32-20-10-9-16(33(30,31)25-12-5-2-6-13-25)15-19(20)24-21(27)11-14-26-22(28)17-7-3-4-8-18(17)23(26)29/h3-4,7-10,15H,2,5-6,11-14H2,1H3,(H,24,27). The molecule has 0 radical (unpaired) electrons. The highest BCUT2D eigenvalue weighted by molar-refractivity contribution is 7.89. The minimum Gasteiger partial charge on any atom is -0.495 e. The molecule has 1 fully saturated rings. The number of methoxy groups -OCH3 is 1. The number of benzene rings is 2. The molecule has 0 atom stereocenters. The lowest BCUT2D eigenvalue weighted by molar-refractivity contribution is -0.116. The molecule has 4 rings (SSSR count). The zero-order valence-electron chi connectivity index (χ0n) is 18.2. The van der Waals surface area contributed by atoms with Crippen LogP contribution < -0.4 is 10.1 Å². The van der Waals surface area contributed by atoms with Gasteiger partial charge in [-0.25, -0.2) is 8.42 Å². The highest BCUT2D eigenvalue weighted by atomic mass is 32.2. The van der Waals surface area contributed by atoms with Gasteiger partial charge in [0.1, 0.15) is 5.75 Å². The van der Waals surface area contributed by atoms with Crippen LogP contribution in [-0.4, -0.2) is 62.1 Å². The fourth-order valence-corrected chi connectivity index (χ4v) is 5.61. The van der Waals surface area contributed by atoms with Crippen molar-refractivity contribution in [2.24, 2.45) is 0 Å². The highest BCUT2D eigenvalue weighted by Gasteiger charge is 2.35. The fraction of sp³-hybridized carbons (Fsp3) is 0.348. The predicted molar refractivity (Wildman–Crippen MR) is 121 cm³/mol. The minimum atomic E-state index is -3.69. The number of carbonyl (C=O) groups is 3. The molecule has 2 aromatic rings. The fourth-order valence-electron chi connectivity index (χ4n) is 4.07. The zero-order valence-corrected chi connectivity index (χ0v) is 19.1. The van der Waals surface area contributed by atoms with Gasteiger partial charge >= 0.3 is 0 Å². The molecule has 0 saturated carbocycles. The molecule has 0 spiro atoms. The molecule has 3 amide bonds. The first-order chi connectivity index (χ1) is 15.8. The Kier molecular flexibility index (Phi) is 6.48. The average molecular weight is 472 g/mol. The van der Waals surface area contributed by atoms with Crippen LogP contribution in [0.25, 0.3) is 0 Å². The maximum absolute atomic E-state index is 13.0. The van der Waals surface area contributed by atoms with E-state index in [2.05, 4.69) is 5.32 Å². The van der Waals surface area contributed by atoms with Gasteiger partial charge in [-0.15, -0.1) is 0 Å². The first-order valence-corrected chi connectivity index (χ1v) is 12.2. The van der Waals surface area contributed by atoms with Crippen LogP contribution in [0, 0.1) is 0 Å². The number of anilines is 1. The van der Waals surface area contributed by atoms with Crippen LogP contribution in [0.1, 0.15) is 46.4 Å². The van der Waals surface area contributed by atoms with E-state index < -0.39 is 27.7 Å². The molecular weight excluding hydrogens is 446 g/mol. The number of imide groups is 1. The molecule has 33 heavy (non-hydrogen) atoms. The Morgan fingerprint density at radius 1 is 1.00 bits per heavy atom. The summed E-state index contributed by atoms with van der Waals surface area (Å²) in [5.74, 6) is -1.04. The van der Waals surface area contributed by atoms with Gasteiger partial charge in [0.15, 0.2) is 0 Å². The number of rotatable bonds is 7. The number of nitrogens with zero attached hydrogens (tertiary/aromatic N) is 2. The molecule has 0 bridgehead atoms. The highest BCUT2D eigenvalue weighted by Crippen LogP contribution is 2.30. The minimum absolute atomic E-state index is 0.0702. The second-order valence-electron chi connectivity index (χ2n) is 7.93. The second-order valence-corrected chi connectivity index (χ2v) is 9.87. The third kappa shape index (κ3) is 4.49. The van der Waals surface area contributed by atoms with E-state index in [0.29, 0.717) is 30.0 Å². The van der Waals surface area contributed by atoms with Crippen LogP contribution in [-0.2, 0) is 14.8 Å². The Bertz CT molecular complexity index is 1170. The molecule has 2 aromatic carbocycles. The van der Waals surface area contributed by atoms with Crippen LogP contribution in [0.4, 0.5) is 5.69 Å². The number of hydrogen-bond acceptors (Lipinski definition) is 6. The van der Waals surface area contributed by atoms with Crippen molar-refractivity contribution in [2.45, 2.75) is 30.6 Å². The van der Waals surface area contributed by atoms with Crippen molar-refractivity contribution >= 4 is 33.4 Å². The van der Waals surface area contributed by atoms with Crippen LogP contribution in [0.5, 0.6) is 5.75 Å². The molecule has 0 aliphatic carbocycles. The summed E-state index contributed by atoms with van der Waals surface area (Å²) in [5, 5.41) is 2.66. The lowest BCUT2D eigenvalue weighted by atomic mass is 10.1. The number of nitrogens with one attached hydrogen (secondary N) is 1. The van der Waals surface area contributed by atoms with E-state index in [1.165, 1.54) is 29.6 Å². The summed E-state index contributed by atoms with van der Waals surface area (Å²) in [4.78, 5) is 38.7. The summed E-state index contributed by atoms with van der Waals surface area (Å²) in [7, 11) is -2.27. The van der Waals surface area contributed by atoms with Gasteiger partial charge in [-0.2, -0.15) is 4.31 Å². The molecule has 1 N–H and O–H groups in total. The molecule has 2 heterocycles. The van der Waals surface area contributed by atoms with E-state index in [0.717, 1.165) is 24.2 Å². The molecule has 9 nitrogen and oxygen atoms in total. The summed E-state index contributed by atoms with van der Waals surface area (Å²) < 4.78 is 32.7. The number of sulfonamides is 1. The van der Waals surface area contributed by atoms with Crippen LogP contribution >= 0.6 is 0 Å². The predicted octanol–water partition coefficient (Wildman–Crippen LogP) is 2.49. The number of carbonyl (C=O) groups excluding carboxylic acids is 3. The number of amides is 3. The molecular formula is C23H25N3O6S. The summed E-state index contributed by atoms with van der Waals surface area (Å²) in [6.07, 6.45) is 2.49. The van der Waals surface area contributed by atoms with Gasteiger partial charge in [-0.1, -0.05) is 18.6 Å². The van der Waals surface area contributed by atoms with E-state index in [1.807, 2.05) is 0 Å². The lowest BCUT2D eigenvalue weighted by Gasteiger charge is -2.26. The van der Waals surface area contributed by atoms with Gasteiger partial charge < -0.3 is 10.1 Å². The number of piperidine rings is 1. The molecule has 2 aliphatic rings. The van der Waals surface area contributed by atoms with Crippen LogP contribution in [0.2, 0.25) is 0 Å². The first kappa shape index (κ1) is 22.9. The summed E-state index contributed by atoms with van der Waals surface area (Å²) in [5.41, 5.74) is 0.850. The number of hydrogen-bond donors (Lipinski definition) is 1. The number of fused-ring (bicyclic) bond motifs is 1. The maximum Gasteiger partial charge on any atom is 0.261 e. The van der Waals surface area contributed by atoms with Gasteiger partial charge in [0.2, 0.25) is 15.9 Å². The topological polar surface area (TPSA) is 113 Å². The lowest BCUT2D eigenvalue weighted by Crippen LogP contribution is -2.35. The van der Waals surface area contributed by atoms with Crippen molar-refractivity contribution in [1.82, 2.24) is 9.21 Å². The van der Waals surface area contributed by atoms with Crippen molar-refractivity contribution in [3.63, 3.8) is 0 Å². The van der Waals surface area contributed by atoms with Crippen molar-refractivity contribution in [3.8, 4) is 5.75 Å². The Hall–Kier alpha value is -3.24. The van der Waals surface area contributed by atoms with Gasteiger partial charge in [-0.05, 0) is 43.2 Å². The third-order valence-electron chi connectivity index (χ3n) is 5.84. The SMILES string of the molecule is COc1ccc(S(=O)(=O)N2CCCCC2)cc1NC(=O)CCN1C(=O)c2ccccc2C1=O. The quantitative estimate of drug-likeness (QED) is 0.621. The van der Waals surface area contributed by atoms with Crippen LogP contribution in [0.15, 0.2) is 47.4 Å². The largest absolute Gasteiger partial charge is 0.495 e. The van der Waals surface area contributed by atoms with Gasteiger partial charge in [0.25, 0.3) is 11.8 Å². The number of ether oxygens (including phenoxy) is 1. The van der Waals surface area contributed by atoms with Crippen molar-refractivity contribution in [3.05, 3.63) is 53.6 Å². The van der Waals surface area contributed by atoms with Crippen molar-refractivity contribution in [2.75, 3.05) is 32.1 Å². The summed E-state index contributed by atoms with van der Waals surface area (Å²) >= 11 is 0.